The number of hydrogen-bond donors (Lipinski definition) is 0. The Bertz CT molecular complexity index is 810. The largest absolute Gasteiger partial charge is 0.497 e. The number of anilines is 1. The molecule has 5 nitrogen and oxygen atoms in total. The van der Waals surface area contributed by atoms with Crippen LogP contribution in [0.5, 0.6) is 17.2 Å². The number of rotatable bonds is 5. The van der Waals surface area contributed by atoms with E-state index in [0.717, 1.165) is 36.9 Å². The molecule has 0 N–H and O–H groups in total. The van der Waals surface area contributed by atoms with E-state index in [4.69, 9.17) is 14.2 Å². The molecule has 0 radical (unpaired) electrons. The number of ether oxygens (including phenoxy) is 3. The van der Waals surface area contributed by atoms with Gasteiger partial charge >= 0.3 is 0 Å². The average Bonchev–Trinajstić information content (AvgIpc) is 2.77. The monoisotopic (exact) mass is 382 g/mol. The number of nitrogens with zero attached hydrogens (tertiary/aromatic N) is 2. The molecule has 2 aromatic rings. The number of methoxy groups -OCH3 is 3. The maximum Gasteiger partial charge on any atom is 0.161 e. The molecule has 28 heavy (non-hydrogen) atoms. The molecule has 1 unspecified atom stereocenters. The zero-order valence-corrected chi connectivity index (χ0v) is 17.1. The van der Waals surface area contributed by atoms with Gasteiger partial charge in [-0.05, 0) is 49.1 Å². The van der Waals surface area contributed by atoms with Gasteiger partial charge in [-0.2, -0.15) is 0 Å². The smallest absolute Gasteiger partial charge is 0.161 e. The van der Waals surface area contributed by atoms with Crippen LogP contribution >= 0.6 is 0 Å². The molecule has 0 amide bonds. The van der Waals surface area contributed by atoms with Crippen LogP contribution < -0.4 is 19.1 Å². The molecule has 0 bridgehead atoms. The third kappa shape index (κ3) is 3.63. The highest BCUT2D eigenvalue weighted by molar-refractivity contribution is 5.51. The SMILES string of the molecule is COc1cccc(N2CCN3C(CCC[C@@H]3c3ccc(OC)c(OC)c3)C2)c1. The molecule has 0 spiro atoms. The molecule has 2 atom stereocenters. The molecule has 2 fully saturated rings. The van der Waals surface area contributed by atoms with Crippen LogP contribution in [0.1, 0.15) is 30.9 Å². The molecule has 2 aliphatic heterocycles. The second-order valence-corrected chi connectivity index (χ2v) is 7.60. The zero-order chi connectivity index (χ0) is 19.5. The Balaban J connectivity index is 1.52. The van der Waals surface area contributed by atoms with Gasteiger partial charge in [-0.1, -0.05) is 12.1 Å². The topological polar surface area (TPSA) is 34.2 Å². The lowest BCUT2D eigenvalue weighted by molar-refractivity contribution is 0.0715. The van der Waals surface area contributed by atoms with Gasteiger partial charge < -0.3 is 19.1 Å². The first kappa shape index (κ1) is 18.9. The van der Waals surface area contributed by atoms with Gasteiger partial charge in [-0.3, -0.25) is 4.90 Å². The van der Waals surface area contributed by atoms with Crippen LogP contribution in [-0.4, -0.2) is 51.9 Å². The third-order valence-corrected chi connectivity index (χ3v) is 6.15. The molecular formula is C23H30N2O3. The fourth-order valence-electron chi connectivity index (χ4n) is 4.71. The Hall–Kier alpha value is -2.40. The fraction of sp³-hybridized carbons (Fsp3) is 0.478. The van der Waals surface area contributed by atoms with E-state index < -0.39 is 0 Å². The lowest BCUT2D eigenvalue weighted by atomic mass is 9.89. The molecule has 4 rings (SSSR count). The first-order valence-electron chi connectivity index (χ1n) is 10.1. The quantitative estimate of drug-likeness (QED) is 0.777. The van der Waals surface area contributed by atoms with E-state index in [1.54, 1.807) is 21.3 Å². The lowest BCUT2D eigenvalue weighted by Crippen LogP contribution is -2.55. The summed E-state index contributed by atoms with van der Waals surface area (Å²) in [5, 5.41) is 0. The van der Waals surface area contributed by atoms with E-state index in [2.05, 4.69) is 40.1 Å². The summed E-state index contributed by atoms with van der Waals surface area (Å²) in [6.07, 6.45) is 3.71. The van der Waals surface area contributed by atoms with E-state index in [9.17, 15) is 0 Å². The highest BCUT2D eigenvalue weighted by atomic mass is 16.5. The summed E-state index contributed by atoms with van der Waals surface area (Å²) in [4.78, 5) is 5.20. The van der Waals surface area contributed by atoms with Gasteiger partial charge in [0.1, 0.15) is 5.75 Å². The summed E-state index contributed by atoms with van der Waals surface area (Å²) in [6, 6.07) is 15.8. The third-order valence-electron chi connectivity index (χ3n) is 6.15. The van der Waals surface area contributed by atoms with Crippen molar-refractivity contribution in [3.05, 3.63) is 48.0 Å². The number of fused-ring (bicyclic) bond motifs is 1. The molecule has 2 saturated heterocycles. The number of benzene rings is 2. The number of piperidine rings is 1. The first-order valence-corrected chi connectivity index (χ1v) is 10.1. The van der Waals surface area contributed by atoms with Crippen molar-refractivity contribution in [2.75, 3.05) is 45.9 Å². The van der Waals surface area contributed by atoms with Gasteiger partial charge in [0, 0.05) is 43.5 Å². The summed E-state index contributed by atoms with van der Waals surface area (Å²) < 4.78 is 16.4. The van der Waals surface area contributed by atoms with Crippen LogP contribution in [0, 0.1) is 0 Å². The molecule has 0 saturated carbocycles. The molecule has 2 aromatic carbocycles. The summed E-state index contributed by atoms with van der Waals surface area (Å²) in [5.41, 5.74) is 2.59. The van der Waals surface area contributed by atoms with Crippen molar-refractivity contribution in [1.29, 1.82) is 0 Å². The molecular weight excluding hydrogens is 352 g/mol. The van der Waals surface area contributed by atoms with Crippen molar-refractivity contribution in [3.63, 3.8) is 0 Å². The highest BCUT2D eigenvalue weighted by Crippen LogP contribution is 2.40. The van der Waals surface area contributed by atoms with Crippen LogP contribution in [0.15, 0.2) is 42.5 Å². The predicted octanol–water partition coefficient (Wildman–Crippen LogP) is 4.13. The average molecular weight is 383 g/mol. The minimum atomic E-state index is 0.450. The van der Waals surface area contributed by atoms with Crippen LogP contribution in [0.25, 0.3) is 0 Å². The van der Waals surface area contributed by atoms with Gasteiger partial charge in [0.2, 0.25) is 0 Å². The van der Waals surface area contributed by atoms with E-state index in [1.165, 1.54) is 30.5 Å². The van der Waals surface area contributed by atoms with Gasteiger partial charge in [0.15, 0.2) is 11.5 Å². The lowest BCUT2D eigenvalue weighted by Gasteiger charge is -2.49. The minimum absolute atomic E-state index is 0.450. The minimum Gasteiger partial charge on any atom is -0.497 e. The Morgan fingerprint density at radius 3 is 2.50 bits per heavy atom. The van der Waals surface area contributed by atoms with Crippen molar-refractivity contribution in [3.8, 4) is 17.2 Å². The summed E-state index contributed by atoms with van der Waals surface area (Å²) in [5.74, 6) is 2.53. The Kier molecular flexibility index (Phi) is 5.62. The summed E-state index contributed by atoms with van der Waals surface area (Å²) in [7, 11) is 5.12. The van der Waals surface area contributed by atoms with Crippen molar-refractivity contribution in [2.24, 2.45) is 0 Å². The Morgan fingerprint density at radius 1 is 0.857 bits per heavy atom. The fourth-order valence-corrected chi connectivity index (χ4v) is 4.71. The maximum absolute atomic E-state index is 5.54. The van der Waals surface area contributed by atoms with Gasteiger partial charge in [0.25, 0.3) is 0 Å². The van der Waals surface area contributed by atoms with Crippen molar-refractivity contribution < 1.29 is 14.2 Å². The van der Waals surface area contributed by atoms with Crippen molar-refractivity contribution >= 4 is 5.69 Å². The Labute approximate surface area is 167 Å². The molecule has 150 valence electrons. The van der Waals surface area contributed by atoms with E-state index in [1.807, 2.05) is 12.1 Å². The normalized spacial score (nSPS) is 22.5. The second-order valence-electron chi connectivity index (χ2n) is 7.60. The van der Waals surface area contributed by atoms with Crippen LogP contribution in [0.3, 0.4) is 0 Å². The van der Waals surface area contributed by atoms with Gasteiger partial charge in [-0.15, -0.1) is 0 Å². The summed E-state index contributed by atoms with van der Waals surface area (Å²) >= 11 is 0. The maximum atomic E-state index is 5.54. The predicted molar refractivity (Wildman–Crippen MR) is 112 cm³/mol. The zero-order valence-electron chi connectivity index (χ0n) is 17.1. The van der Waals surface area contributed by atoms with Crippen LogP contribution in [0.4, 0.5) is 5.69 Å². The Morgan fingerprint density at radius 2 is 1.71 bits per heavy atom. The van der Waals surface area contributed by atoms with Crippen molar-refractivity contribution in [1.82, 2.24) is 4.90 Å². The van der Waals surface area contributed by atoms with Crippen LogP contribution in [0.2, 0.25) is 0 Å². The molecule has 0 aliphatic carbocycles. The standard InChI is InChI=1S/C23H30N2O3/c1-26-20-8-4-6-18(15-20)24-12-13-25-19(16-24)7-5-9-21(25)17-10-11-22(27-2)23(14-17)28-3/h4,6,8,10-11,14-15,19,21H,5,7,9,12-13,16H2,1-3H3/t19?,21-/m1/s1. The first-order chi connectivity index (χ1) is 13.7. The van der Waals surface area contributed by atoms with E-state index in [0.29, 0.717) is 12.1 Å². The van der Waals surface area contributed by atoms with Crippen molar-refractivity contribution in [2.45, 2.75) is 31.3 Å². The summed E-state index contributed by atoms with van der Waals surface area (Å²) in [6.45, 7) is 3.17. The van der Waals surface area contributed by atoms with Crippen LogP contribution in [-0.2, 0) is 0 Å². The van der Waals surface area contributed by atoms with Gasteiger partial charge in [0.05, 0.1) is 21.3 Å². The molecule has 5 heteroatoms. The van der Waals surface area contributed by atoms with Gasteiger partial charge in [-0.25, -0.2) is 0 Å². The highest BCUT2D eigenvalue weighted by Gasteiger charge is 2.36. The van der Waals surface area contributed by atoms with E-state index in [-0.39, 0.29) is 0 Å². The molecule has 0 aromatic heterocycles. The number of piperazine rings is 1. The second kappa shape index (κ2) is 8.31. The number of hydrogen-bond acceptors (Lipinski definition) is 5. The van der Waals surface area contributed by atoms with E-state index >= 15 is 0 Å². The molecule has 2 aliphatic rings. The molecule has 2 heterocycles.